The molecule has 0 radical (unpaired) electrons. The third-order valence-electron chi connectivity index (χ3n) is 7.13. The minimum Gasteiger partial charge on any atom is -0.348 e. The molecule has 4 heterocycles. The van der Waals surface area contributed by atoms with Gasteiger partial charge in [-0.2, -0.15) is 10.2 Å². The van der Waals surface area contributed by atoms with E-state index in [0.29, 0.717) is 41.5 Å². The van der Waals surface area contributed by atoms with E-state index in [1.807, 2.05) is 12.1 Å². The molecule has 2 fully saturated rings. The van der Waals surface area contributed by atoms with Crippen LogP contribution in [0.2, 0.25) is 0 Å². The monoisotopic (exact) mass is 484 g/mol. The van der Waals surface area contributed by atoms with Gasteiger partial charge in [-0.25, -0.2) is 9.97 Å². The molecule has 0 unspecified atom stereocenters. The summed E-state index contributed by atoms with van der Waals surface area (Å²) in [5.41, 5.74) is 1.41. The normalized spacial score (nSPS) is 21.6. The number of nitrogens with zero attached hydrogens (tertiary/aromatic N) is 6. The van der Waals surface area contributed by atoms with Crippen molar-refractivity contribution in [3.05, 3.63) is 42.0 Å². The molecule has 2 aliphatic rings. The summed E-state index contributed by atoms with van der Waals surface area (Å²) < 4.78 is 0. The van der Waals surface area contributed by atoms with Gasteiger partial charge in [0.15, 0.2) is 0 Å². The highest BCUT2D eigenvalue weighted by molar-refractivity contribution is 6.06. The number of anilines is 3. The first-order chi connectivity index (χ1) is 17.4. The maximum absolute atomic E-state index is 13.0. The molecule has 186 valence electrons. The van der Waals surface area contributed by atoms with Crippen LogP contribution in [0, 0.1) is 23.2 Å². The Balaban J connectivity index is 1.40. The summed E-state index contributed by atoms with van der Waals surface area (Å²) in [6.07, 6.45) is 9.03. The number of aromatic nitrogens is 4. The average molecular weight is 485 g/mol. The van der Waals surface area contributed by atoms with Crippen molar-refractivity contribution >= 4 is 34.3 Å². The van der Waals surface area contributed by atoms with Crippen LogP contribution < -0.4 is 15.5 Å². The zero-order valence-electron chi connectivity index (χ0n) is 21.0. The van der Waals surface area contributed by atoms with E-state index < -0.39 is 0 Å². The highest BCUT2D eigenvalue weighted by atomic mass is 16.2. The Morgan fingerprint density at radius 3 is 2.75 bits per heavy atom. The Labute approximate surface area is 211 Å². The molecule has 1 aliphatic heterocycles. The van der Waals surface area contributed by atoms with Gasteiger partial charge in [-0.15, -0.1) is 0 Å². The number of nitrogens with one attached hydrogen (secondary N) is 2. The molecule has 9 heteroatoms. The van der Waals surface area contributed by atoms with Crippen LogP contribution >= 0.6 is 0 Å². The molecular formula is C27H32N8O. The summed E-state index contributed by atoms with van der Waals surface area (Å²) in [6, 6.07) is 6.07. The Bertz CT molecular complexity index is 1310. The summed E-state index contributed by atoms with van der Waals surface area (Å²) in [4.78, 5) is 33.6. The second-order valence-electron chi connectivity index (χ2n) is 10.4. The van der Waals surface area contributed by atoms with Crippen molar-refractivity contribution in [3.63, 3.8) is 0 Å². The first kappa shape index (κ1) is 23.9. The lowest BCUT2D eigenvalue weighted by Crippen LogP contribution is -2.44. The number of hydrogen-bond donors (Lipinski definition) is 2. The van der Waals surface area contributed by atoms with Crippen molar-refractivity contribution in [2.75, 3.05) is 23.3 Å². The Kier molecular flexibility index (Phi) is 6.68. The van der Waals surface area contributed by atoms with Crippen molar-refractivity contribution < 1.29 is 4.79 Å². The Morgan fingerprint density at radius 1 is 1.17 bits per heavy atom. The van der Waals surface area contributed by atoms with E-state index in [4.69, 9.17) is 10.2 Å². The lowest BCUT2D eigenvalue weighted by molar-refractivity contribution is 0.0901. The van der Waals surface area contributed by atoms with E-state index in [2.05, 4.69) is 57.3 Å². The maximum Gasteiger partial charge on any atom is 0.270 e. The second kappa shape index (κ2) is 10.1. The summed E-state index contributed by atoms with van der Waals surface area (Å²) in [5, 5.41) is 17.0. The minimum atomic E-state index is -0.226. The molecule has 36 heavy (non-hydrogen) atoms. The quantitative estimate of drug-likeness (QED) is 0.523. The molecule has 1 aliphatic carbocycles. The molecule has 2 N–H and O–H groups in total. The number of piperidine rings is 1. The molecule has 3 aromatic heterocycles. The first-order valence-electron chi connectivity index (χ1n) is 12.8. The van der Waals surface area contributed by atoms with Gasteiger partial charge >= 0.3 is 0 Å². The van der Waals surface area contributed by atoms with E-state index in [1.165, 1.54) is 6.42 Å². The summed E-state index contributed by atoms with van der Waals surface area (Å²) in [6.45, 7) is 8.41. The van der Waals surface area contributed by atoms with Crippen LogP contribution in [0.1, 0.15) is 68.4 Å². The van der Waals surface area contributed by atoms with E-state index in [1.54, 1.807) is 18.6 Å². The lowest BCUT2D eigenvalue weighted by atomic mass is 9.81. The third-order valence-corrected chi connectivity index (χ3v) is 7.13. The number of rotatable bonds is 6. The van der Waals surface area contributed by atoms with Crippen LogP contribution in [0.15, 0.2) is 30.7 Å². The highest BCUT2D eigenvalue weighted by Crippen LogP contribution is 2.31. The van der Waals surface area contributed by atoms with Crippen LogP contribution in [-0.2, 0) is 0 Å². The molecule has 1 atom stereocenters. The van der Waals surface area contributed by atoms with Gasteiger partial charge < -0.3 is 15.5 Å². The molecular weight excluding hydrogens is 452 g/mol. The number of nitriles is 1. The van der Waals surface area contributed by atoms with E-state index in [-0.39, 0.29) is 23.8 Å². The molecule has 5 rings (SSSR count). The lowest BCUT2D eigenvalue weighted by Gasteiger charge is -2.31. The standard InChI is InChI=1S/C27H32N8O/c1-16(2)21-13-31-25(26(36)32-19-9-18(10-19)12-28)22-14-30-24(11-20(21)22)33-23-6-7-29-27(34-23)35-8-4-5-17(3)15-35/h6-7,11,13-14,16-19H,4-5,8-10,15H2,1-3H3,(H,32,36)(H,29,30,33,34)/t17-,18?,19?/m0/s1. The van der Waals surface area contributed by atoms with Crippen molar-refractivity contribution in [2.24, 2.45) is 11.8 Å². The minimum absolute atomic E-state index is 0.0209. The predicted octanol–water partition coefficient (Wildman–Crippen LogP) is 4.56. The number of carbonyl (C=O) groups is 1. The van der Waals surface area contributed by atoms with E-state index >= 15 is 0 Å². The summed E-state index contributed by atoms with van der Waals surface area (Å²) in [5.74, 6) is 2.71. The average Bonchev–Trinajstić information content (AvgIpc) is 2.85. The summed E-state index contributed by atoms with van der Waals surface area (Å²) >= 11 is 0. The fourth-order valence-corrected chi connectivity index (χ4v) is 5.03. The summed E-state index contributed by atoms with van der Waals surface area (Å²) in [7, 11) is 0. The molecule has 9 nitrogen and oxygen atoms in total. The largest absolute Gasteiger partial charge is 0.348 e. The zero-order valence-corrected chi connectivity index (χ0v) is 21.0. The van der Waals surface area contributed by atoms with Gasteiger partial charge in [0.2, 0.25) is 5.95 Å². The van der Waals surface area contributed by atoms with Crippen LogP contribution in [0.3, 0.4) is 0 Å². The second-order valence-corrected chi connectivity index (χ2v) is 10.4. The zero-order chi connectivity index (χ0) is 25.2. The van der Waals surface area contributed by atoms with Gasteiger partial charge in [0.1, 0.15) is 17.3 Å². The number of fused-ring (bicyclic) bond motifs is 1. The molecule has 1 saturated heterocycles. The van der Waals surface area contributed by atoms with Crippen LogP contribution in [-0.4, -0.2) is 45.0 Å². The van der Waals surface area contributed by atoms with Crippen molar-refractivity contribution in [1.29, 1.82) is 5.26 Å². The number of amides is 1. The molecule has 0 aromatic carbocycles. The Morgan fingerprint density at radius 2 is 2.00 bits per heavy atom. The van der Waals surface area contributed by atoms with Crippen LogP contribution in [0.5, 0.6) is 0 Å². The SMILES string of the molecule is CC(C)c1cnc(C(=O)NC2CC(C#N)C2)c2cnc(Nc3ccnc(N4CCC[C@H](C)C4)n3)cc12. The van der Waals surface area contributed by atoms with Gasteiger partial charge in [0.05, 0.1) is 12.0 Å². The van der Waals surface area contributed by atoms with Crippen LogP contribution in [0.4, 0.5) is 17.6 Å². The van der Waals surface area contributed by atoms with Crippen molar-refractivity contribution in [1.82, 2.24) is 25.3 Å². The van der Waals surface area contributed by atoms with Crippen molar-refractivity contribution in [3.8, 4) is 6.07 Å². The number of carbonyl (C=O) groups excluding carboxylic acids is 1. The number of hydrogen-bond acceptors (Lipinski definition) is 8. The predicted molar refractivity (Wildman–Crippen MR) is 139 cm³/mol. The fourth-order valence-electron chi connectivity index (χ4n) is 5.03. The smallest absolute Gasteiger partial charge is 0.270 e. The fraction of sp³-hybridized carbons (Fsp3) is 0.481. The van der Waals surface area contributed by atoms with E-state index in [9.17, 15) is 4.79 Å². The third kappa shape index (κ3) is 4.94. The Hall–Kier alpha value is -3.80. The molecule has 0 bridgehead atoms. The van der Waals surface area contributed by atoms with E-state index in [0.717, 1.165) is 36.4 Å². The van der Waals surface area contributed by atoms with Gasteiger partial charge in [0, 0.05) is 43.1 Å². The first-order valence-corrected chi connectivity index (χ1v) is 12.8. The van der Waals surface area contributed by atoms with Crippen LogP contribution in [0.25, 0.3) is 10.8 Å². The van der Waals surface area contributed by atoms with Gasteiger partial charge in [-0.1, -0.05) is 20.8 Å². The molecule has 1 amide bonds. The highest BCUT2D eigenvalue weighted by Gasteiger charge is 2.31. The molecule has 0 spiro atoms. The van der Waals surface area contributed by atoms with Gasteiger partial charge in [0.25, 0.3) is 5.91 Å². The van der Waals surface area contributed by atoms with Gasteiger partial charge in [-0.05, 0) is 60.6 Å². The topological polar surface area (TPSA) is 120 Å². The maximum atomic E-state index is 13.0. The number of pyridine rings is 2. The van der Waals surface area contributed by atoms with Crippen molar-refractivity contribution in [2.45, 2.75) is 58.4 Å². The van der Waals surface area contributed by atoms with Gasteiger partial charge in [-0.3, -0.25) is 9.78 Å². The molecule has 3 aromatic rings. The molecule has 1 saturated carbocycles.